The standard InChI is InChI=1S/C10H13.C5H4N.Cu/c1-2-3-7-10-8-5-4-6-9-10;1-2-4-6-5-3-1;/h4-6,8-9H,1-3,7H2;1-4H;. The topological polar surface area (TPSA) is 12.9 Å². The van der Waals surface area contributed by atoms with Crippen LogP contribution < -0.4 is 4.59 Å². The summed E-state index contributed by atoms with van der Waals surface area (Å²) in [7, 11) is 0. The van der Waals surface area contributed by atoms with Crippen molar-refractivity contribution < 1.29 is 15.0 Å². The average molecular weight is 275 g/mol. The number of aromatic nitrogens is 1. The molecule has 0 aliphatic carbocycles. The van der Waals surface area contributed by atoms with Gasteiger partial charge in [0, 0.05) is 0 Å². The fourth-order valence-corrected chi connectivity index (χ4v) is 2.57. The van der Waals surface area contributed by atoms with Crippen molar-refractivity contribution in [3.05, 3.63) is 60.3 Å². The van der Waals surface area contributed by atoms with Gasteiger partial charge in [0.15, 0.2) is 0 Å². The van der Waals surface area contributed by atoms with Crippen LogP contribution in [0.2, 0.25) is 5.32 Å². The van der Waals surface area contributed by atoms with Gasteiger partial charge in [-0.3, -0.25) is 0 Å². The van der Waals surface area contributed by atoms with Crippen LogP contribution in [0.1, 0.15) is 18.4 Å². The summed E-state index contributed by atoms with van der Waals surface area (Å²) in [6.45, 7) is 0. The van der Waals surface area contributed by atoms with Crippen LogP contribution >= 0.6 is 0 Å². The summed E-state index contributed by atoms with van der Waals surface area (Å²) in [5.41, 5.74) is 1.44. The van der Waals surface area contributed by atoms with Crippen molar-refractivity contribution in [2.75, 3.05) is 0 Å². The zero-order valence-corrected chi connectivity index (χ0v) is 10.7. The molecule has 0 amide bonds. The molecule has 0 saturated carbocycles. The molecule has 1 nitrogen and oxygen atoms in total. The van der Waals surface area contributed by atoms with E-state index in [0.29, 0.717) is 0 Å². The van der Waals surface area contributed by atoms with Crippen LogP contribution in [-0.2, 0) is 21.4 Å². The number of hydrogen-bond donors (Lipinski definition) is 0. The number of rotatable bonds is 6. The molecule has 2 rings (SSSR count). The Morgan fingerprint density at radius 1 is 0.882 bits per heavy atom. The van der Waals surface area contributed by atoms with Gasteiger partial charge in [0.05, 0.1) is 0 Å². The molecule has 2 aromatic rings. The summed E-state index contributed by atoms with van der Waals surface area (Å²) in [5.74, 6) is 0. The first kappa shape index (κ1) is 12.3. The molecule has 0 radical (unpaired) electrons. The van der Waals surface area contributed by atoms with E-state index in [0.717, 1.165) is 9.91 Å². The average Bonchev–Trinajstić information content (AvgIpc) is 2.41. The molecule has 2 heteroatoms. The first-order valence-corrected chi connectivity index (χ1v) is 7.04. The van der Waals surface area contributed by atoms with E-state index in [1.54, 1.807) is 0 Å². The van der Waals surface area contributed by atoms with Gasteiger partial charge in [-0.25, -0.2) is 0 Å². The van der Waals surface area contributed by atoms with Crippen LogP contribution in [0.3, 0.4) is 0 Å². The van der Waals surface area contributed by atoms with Crippen molar-refractivity contribution in [1.29, 1.82) is 0 Å². The maximum absolute atomic E-state index is 4.29. The van der Waals surface area contributed by atoms with E-state index in [9.17, 15) is 0 Å². The number of nitrogens with zero attached hydrogens (tertiary/aromatic N) is 1. The minimum absolute atomic E-state index is 1.12. The fraction of sp³-hybridized carbons (Fsp3) is 0.267. The quantitative estimate of drug-likeness (QED) is 0.582. The molecule has 93 valence electrons. The fourth-order valence-electron chi connectivity index (χ4n) is 1.57. The van der Waals surface area contributed by atoms with Gasteiger partial charge < -0.3 is 0 Å². The van der Waals surface area contributed by atoms with Crippen LogP contribution in [-0.4, -0.2) is 4.98 Å². The molecule has 0 N–H and O–H groups in total. The SMILES string of the molecule is c1ccc(CCC[CH2][Cu][c]2ccccn2)cc1. The maximum atomic E-state index is 4.29. The molecule has 0 spiro atoms. The van der Waals surface area contributed by atoms with Crippen molar-refractivity contribution in [2.24, 2.45) is 0 Å². The van der Waals surface area contributed by atoms with E-state index < -0.39 is 0 Å². The Morgan fingerprint density at radius 3 is 2.47 bits per heavy atom. The third-order valence-corrected chi connectivity index (χ3v) is 3.64. The Kier molecular flexibility index (Phi) is 5.27. The van der Waals surface area contributed by atoms with Gasteiger partial charge in [0.2, 0.25) is 0 Å². The van der Waals surface area contributed by atoms with Crippen LogP contribution in [0.25, 0.3) is 0 Å². The van der Waals surface area contributed by atoms with E-state index in [2.05, 4.69) is 41.4 Å². The predicted molar refractivity (Wildman–Crippen MR) is 68.1 cm³/mol. The van der Waals surface area contributed by atoms with E-state index in [1.807, 2.05) is 33.3 Å². The molecule has 0 atom stereocenters. The third-order valence-electron chi connectivity index (χ3n) is 2.46. The molecule has 0 aliphatic heterocycles. The number of benzene rings is 1. The second-order valence-electron chi connectivity index (χ2n) is 3.81. The molecular formula is C15H17CuN. The number of aryl methyl sites for hydroxylation is 1. The summed E-state index contributed by atoms with van der Waals surface area (Å²) < 4.78 is 1.12. The Bertz CT molecular complexity index is 372. The Balaban J connectivity index is 1.61. The molecule has 0 saturated heterocycles. The van der Waals surface area contributed by atoms with E-state index >= 15 is 0 Å². The number of hydrogen-bond acceptors (Lipinski definition) is 1. The normalized spacial score (nSPS) is 10.6. The van der Waals surface area contributed by atoms with Crippen LogP contribution in [0.5, 0.6) is 0 Å². The third kappa shape index (κ3) is 4.72. The van der Waals surface area contributed by atoms with E-state index in [1.165, 1.54) is 24.8 Å². The minimum atomic E-state index is 1.12. The molecule has 1 aromatic carbocycles. The van der Waals surface area contributed by atoms with Crippen molar-refractivity contribution in [3.63, 3.8) is 0 Å². The van der Waals surface area contributed by atoms with Gasteiger partial charge in [-0.05, 0) is 0 Å². The zero-order valence-electron chi connectivity index (χ0n) is 9.77. The van der Waals surface area contributed by atoms with Crippen molar-refractivity contribution in [2.45, 2.75) is 24.6 Å². The summed E-state index contributed by atoms with van der Waals surface area (Å²) in [6.07, 6.45) is 5.53. The van der Waals surface area contributed by atoms with E-state index in [4.69, 9.17) is 0 Å². The number of unbranched alkanes of at least 4 members (excludes halogenated alkanes) is 1. The van der Waals surface area contributed by atoms with Crippen LogP contribution in [0, 0.1) is 0 Å². The molecule has 1 aromatic heterocycles. The van der Waals surface area contributed by atoms with Crippen molar-refractivity contribution in [3.8, 4) is 0 Å². The number of pyridine rings is 1. The summed E-state index contributed by atoms with van der Waals surface area (Å²) in [5, 5.41) is 1.15. The molecule has 0 bridgehead atoms. The monoisotopic (exact) mass is 274 g/mol. The first-order valence-electron chi connectivity index (χ1n) is 5.90. The van der Waals surface area contributed by atoms with Crippen molar-refractivity contribution >= 4 is 4.59 Å². The second kappa shape index (κ2) is 7.26. The molecular weight excluding hydrogens is 258 g/mol. The first-order chi connectivity index (χ1) is 8.45. The van der Waals surface area contributed by atoms with Gasteiger partial charge in [0.1, 0.15) is 0 Å². The molecule has 0 aliphatic rings. The predicted octanol–water partition coefficient (Wildman–Crippen LogP) is 3.23. The van der Waals surface area contributed by atoms with Gasteiger partial charge in [0.25, 0.3) is 0 Å². The van der Waals surface area contributed by atoms with Gasteiger partial charge in [-0.2, -0.15) is 0 Å². The van der Waals surface area contributed by atoms with Gasteiger partial charge in [-0.15, -0.1) is 0 Å². The summed E-state index contributed by atoms with van der Waals surface area (Å²) in [4.78, 5) is 4.29. The Hall–Kier alpha value is -1.11. The zero-order chi connectivity index (χ0) is 11.8. The van der Waals surface area contributed by atoms with Crippen molar-refractivity contribution in [1.82, 2.24) is 4.98 Å². The van der Waals surface area contributed by atoms with Crippen LogP contribution in [0.15, 0.2) is 54.7 Å². The summed E-state index contributed by atoms with van der Waals surface area (Å²) >= 11 is 1.94. The molecule has 1 heterocycles. The summed E-state index contributed by atoms with van der Waals surface area (Å²) in [6, 6.07) is 16.7. The second-order valence-corrected chi connectivity index (χ2v) is 5.10. The molecule has 17 heavy (non-hydrogen) atoms. The Morgan fingerprint density at radius 2 is 1.71 bits per heavy atom. The molecule has 0 fully saturated rings. The Labute approximate surface area is 109 Å². The van der Waals surface area contributed by atoms with Crippen LogP contribution in [0.4, 0.5) is 0 Å². The molecule has 0 unspecified atom stereocenters. The van der Waals surface area contributed by atoms with Gasteiger partial charge in [-0.1, -0.05) is 0 Å². The van der Waals surface area contributed by atoms with Gasteiger partial charge >= 0.3 is 109 Å². The van der Waals surface area contributed by atoms with E-state index in [-0.39, 0.29) is 0 Å².